The molecule has 21 heavy (non-hydrogen) atoms. The van der Waals surface area contributed by atoms with E-state index in [0.717, 1.165) is 31.9 Å². The summed E-state index contributed by atoms with van der Waals surface area (Å²) in [6.45, 7) is 10.9. The molecule has 0 radical (unpaired) electrons. The van der Waals surface area contributed by atoms with Crippen LogP contribution in [0.15, 0.2) is 18.2 Å². The second-order valence-electron chi connectivity index (χ2n) is 5.82. The van der Waals surface area contributed by atoms with Gasteiger partial charge in [-0.3, -0.25) is 0 Å². The lowest BCUT2D eigenvalue weighted by Crippen LogP contribution is -2.43. The number of aryl methyl sites for hydroxylation is 2. The normalized spacial score (nSPS) is 16.1. The highest BCUT2D eigenvalue weighted by Gasteiger charge is 2.09. The van der Waals surface area contributed by atoms with Crippen LogP contribution in [0.5, 0.6) is 5.75 Å². The van der Waals surface area contributed by atoms with Crippen LogP contribution in [0.2, 0.25) is 0 Å². The average molecular weight is 290 g/mol. The van der Waals surface area contributed by atoms with Gasteiger partial charge in [0.1, 0.15) is 5.75 Å². The quantitative estimate of drug-likeness (QED) is 0.797. The SMILES string of the molecule is CCCc1cc(CCCN2CCNCC2)ccc1OCC. The fourth-order valence-electron chi connectivity index (χ4n) is 2.99. The molecule has 1 aromatic rings. The van der Waals surface area contributed by atoms with Gasteiger partial charge >= 0.3 is 0 Å². The maximum absolute atomic E-state index is 5.73. The number of hydrogen-bond acceptors (Lipinski definition) is 3. The third-order valence-electron chi connectivity index (χ3n) is 4.09. The molecule has 0 bridgehead atoms. The largest absolute Gasteiger partial charge is 0.494 e. The van der Waals surface area contributed by atoms with Crippen molar-refractivity contribution in [2.75, 3.05) is 39.3 Å². The smallest absolute Gasteiger partial charge is 0.122 e. The molecule has 1 aliphatic rings. The van der Waals surface area contributed by atoms with Crippen molar-refractivity contribution in [2.45, 2.75) is 39.5 Å². The van der Waals surface area contributed by atoms with E-state index in [1.807, 2.05) is 0 Å². The van der Waals surface area contributed by atoms with Gasteiger partial charge in [-0.25, -0.2) is 0 Å². The van der Waals surface area contributed by atoms with Crippen LogP contribution >= 0.6 is 0 Å². The Morgan fingerprint density at radius 2 is 1.95 bits per heavy atom. The summed E-state index contributed by atoms with van der Waals surface area (Å²) in [5, 5.41) is 3.41. The number of ether oxygens (including phenoxy) is 1. The summed E-state index contributed by atoms with van der Waals surface area (Å²) >= 11 is 0. The van der Waals surface area contributed by atoms with Crippen LogP contribution in [-0.4, -0.2) is 44.2 Å². The Labute approximate surface area is 129 Å². The van der Waals surface area contributed by atoms with Crippen molar-refractivity contribution in [3.8, 4) is 5.75 Å². The summed E-state index contributed by atoms with van der Waals surface area (Å²) < 4.78 is 5.73. The Hall–Kier alpha value is -1.06. The van der Waals surface area contributed by atoms with Crippen molar-refractivity contribution in [3.05, 3.63) is 29.3 Å². The molecule has 1 N–H and O–H groups in total. The van der Waals surface area contributed by atoms with E-state index in [0.29, 0.717) is 0 Å². The number of benzene rings is 1. The molecule has 0 spiro atoms. The number of rotatable bonds is 8. The van der Waals surface area contributed by atoms with Crippen LogP contribution < -0.4 is 10.1 Å². The summed E-state index contributed by atoms with van der Waals surface area (Å²) in [5.41, 5.74) is 2.83. The summed E-state index contributed by atoms with van der Waals surface area (Å²) in [6, 6.07) is 6.75. The van der Waals surface area contributed by atoms with E-state index >= 15 is 0 Å². The van der Waals surface area contributed by atoms with Crippen molar-refractivity contribution >= 4 is 0 Å². The third kappa shape index (κ3) is 5.33. The van der Waals surface area contributed by atoms with Crippen molar-refractivity contribution in [2.24, 2.45) is 0 Å². The number of nitrogens with one attached hydrogen (secondary N) is 1. The van der Waals surface area contributed by atoms with Gasteiger partial charge in [0, 0.05) is 26.2 Å². The van der Waals surface area contributed by atoms with Crippen molar-refractivity contribution in [1.82, 2.24) is 10.2 Å². The highest BCUT2D eigenvalue weighted by atomic mass is 16.5. The van der Waals surface area contributed by atoms with Gasteiger partial charge in [-0.05, 0) is 49.9 Å². The first-order chi connectivity index (χ1) is 10.3. The minimum absolute atomic E-state index is 0.749. The van der Waals surface area contributed by atoms with E-state index in [4.69, 9.17) is 4.74 Å². The summed E-state index contributed by atoms with van der Waals surface area (Å²) in [6.07, 6.45) is 4.71. The summed E-state index contributed by atoms with van der Waals surface area (Å²) in [4.78, 5) is 2.57. The predicted octanol–water partition coefficient (Wildman–Crippen LogP) is 2.88. The van der Waals surface area contributed by atoms with E-state index in [9.17, 15) is 0 Å². The highest BCUT2D eigenvalue weighted by molar-refractivity contribution is 5.37. The average Bonchev–Trinajstić information content (AvgIpc) is 2.51. The van der Waals surface area contributed by atoms with Crippen LogP contribution in [0.4, 0.5) is 0 Å². The van der Waals surface area contributed by atoms with E-state index in [1.165, 1.54) is 50.0 Å². The maximum Gasteiger partial charge on any atom is 0.122 e. The molecule has 0 atom stereocenters. The molecule has 0 saturated carbocycles. The fraction of sp³-hybridized carbons (Fsp3) is 0.667. The molecule has 1 aliphatic heterocycles. The Kier molecular flexibility index (Phi) is 7.04. The van der Waals surface area contributed by atoms with Gasteiger partial charge < -0.3 is 15.0 Å². The molecular formula is C18H30N2O. The minimum atomic E-state index is 0.749. The Morgan fingerprint density at radius 3 is 2.67 bits per heavy atom. The van der Waals surface area contributed by atoms with Gasteiger partial charge in [-0.15, -0.1) is 0 Å². The van der Waals surface area contributed by atoms with E-state index in [2.05, 4.69) is 42.3 Å². The molecular weight excluding hydrogens is 260 g/mol. The number of hydrogen-bond donors (Lipinski definition) is 1. The summed E-state index contributed by atoms with van der Waals surface area (Å²) in [5.74, 6) is 1.07. The van der Waals surface area contributed by atoms with E-state index < -0.39 is 0 Å². The van der Waals surface area contributed by atoms with E-state index in [1.54, 1.807) is 0 Å². The molecule has 1 aromatic carbocycles. The topological polar surface area (TPSA) is 24.5 Å². The third-order valence-corrected chi connectivity index (χ3v) is 4.09. The molecule has 0 unspecified atom stereocenters. The predicted molar refractivity (Wildman–Crippen MR) is 89.2 cm³/mol. The standard InChI is InChI=1S/C18H30N2O/c1-3-6-17-15-16(8-9-18(17)21-4-2)7-5-12-20-13-10-19-11-14-20/h8-9,15,19H,3-7,10-14H2,1-2H3. The lowest BCUT2D eigenvalue weighted by atomic mass is 10.0. The Morgan fingerprint density at radius 1 is 1.14 bits per heavy atom. The molecule has 3 heteroatoms. The van der Waals surface area contributed by atoms with Gasteiger partial charge in [0.15, 0.2) is 0 Å². The van der Waals surface area contributed by atoms with Gasteiger partial charge in [0.05, 0.1) is 6.61 Å². The molecule has 118 valence electrons. The van der Waals surface area contributed by atoms with Gasteiger partial charge in [0.25, 0.3) is 0 Å². The van der Waals surface area contributed by atoms with Crippen LogP contribution in [0.3, 0.4) is 0 Å². The zero-order chi connectivity index (χ0) is 14.9. The molecule has 1 heterocycles. The molecule has 1 saturated heterocycles. The van der Waals surface area contributed by atoms with Crippen LogP contribution in [0, 0.1) is 0 Å². The van der Waals surface area contributed by atoms with Gasteiger partial charge in [-0.2, -0.15) is 0 Å². The molecule has 0 aliphatic carbocycles. The van der Waals surface area contributed by atoms with Crippen molar-refractivity contribution < 1.29 is 4.74 Å². The van der Waals surface area contributed by atoms with Crippen LogP contribution in [-0.2, 0) is 12.8 Å². The monoisotopic (exact) mass is 290 g/mol. The first-order valence-corrected chi connectivity index (χ1v) is 8.51. The molecule has 0 amide bonds. The molecule has 2 rings (SSSR count). The maximum atomic E-state index is 5.73. The molecule has 1 fully saturated rings. The first-order valence-electron chi connectivity index (χ1n) is 8.51. The Bertz CT molecular complexity index is 414. The van der Waals surface area contributed by atoms with Crippen LogP contribution in [0.1, 0.15) is 37.8 Å². The van der Waals surface area contributed by atoms with Gasteiger partial charge in [0.2, 0.25) is 0 Å². The second kappa shape index (κ2) is 9.06. The minimum Gasteiger partial charge on any atom is -0.494 e. The summed E-state index contributed by atoms with van der Waals surface area (Å²) in [7, 11) is 0. The first kappa shape index (κ1) is 16.3. The number of piperazine rings is 1. The fourth-order valence-corrected chi connectivity index (χ4v) is 2.99. The molecule has 0 aromatic heterocycles. The van der Waals surface area contributed by atoms with Crippen LogP contribution in [0.25, 0.3) is 0 Å². The molecule has 3 nitrogen and oxygen atoms in total. The zero-order valence-corrected chi connectivity index (χ0v) is 13.7. The van der Waals surface area contributed by atoms with Crippen molar-refractivity contribution in [3.63, 3.8) is 0 Å². The lowest BCUT2D eigenvalue weighted by molar-refractivity contribution is 0.238. The number of nitrogens with zero attached hydrogens (tertiary/aromatic N) is 1. The zero-order valence-electron chi connectivity index (χ0n) is 13.7. The van der Waals surface area contributed by atoms with Gasteiger partial charge in [-0.1, -0.05) is 25.5 Å². The lowest BCUT2D eigenvalue weighted by Gasteiger charge is -2.27. The Balaban J connectivity index is 1.85. The second-order valence-corrected chi connectivity index (χ2v) is 5.82. The van der Waals surface area contributed by atoms with E-state index in [-0.39, 0.29) is 0 Å². The highest BCUT2D eigenvalue weighted by Crippen LogP contribution is 2.22. The van der Waals surface area contributed by atoms with Crippen molar-refractivity contribution in [1.29, 1.82) is 0 Å².